The molecule has 10 nitrogen and oxygen atoms in total. The molecule has 7 atom stereocenters. The number of carbonyl (C=O) groups is 3. The van der Waals surface area contributed by atoms with Crippen LogP contribution in [0.25, 0.3) is 0 Å². The highest BCUT2D eigenvalue weighted by molar-refractivity contribution is 5.93. The molecule has 2 N–H and O–H groups in total. The number of nitrogens with one attached hydrogen (secondary N) is 2. The summed E-state index contributed by atoms with van der Waals surface area (Å²) in [4.78, 5) is 36.8. The van der Waals surface area contributed by atoms with E-state index in [1.165, 1.54) is 27.0 Å². The summed E-state index contributed by atoms with van der Waals surface area (Å²) in [5.41, 5.74) is 3.06. The Hall–Kier alpha value is -4.35. The molecule has 0 saturated carbocycles. The van der Waals surface area contributed by atoms with Crippen LogP contribution >= 0.6 is 0 Å². The molecule has 3 aromatic rings. The summed E-state index contributed by atoms with van der Waals surface area (Å²) in [6.45, 7) is 6.07. The van der Waals surface area contributed by atoms with Crippen LogP contribution in [0, 0.1) is 0 Å². The van der Waals surface area contributed by atoms with Gasteiger partial charge in [0, 0.05) is 0 Å². The third kappa shape index (κ3) is 11.1. The predicted octanol–water partition coefficient (Wildman–Crippen LogP) is 4.66. The summed E-state index contributed by atoms with van der Waals surface area (Å²) < 4.78 is 30.9. The standard InChI is InChI=1S/C38H46N2O8/c1-26(37(42)40-27(2)38(43)44-4)39-33(41)22-14-21-32-35(46-24-30-17-10-6-11-18-30)36(47-25-31-19-12-7-13-20-31)34(28(3)48-32)45-23-29-15-8-5-9-16-29/h5-20,22,26-28,32,34-36H,21,23-25H2,1-4H3,(H,39,41)(H,40,42)/b22-14+/t26-,27-,28-,32+,34+,35+,36+/m0/s1. The van der Waals surface area contributed by atoms with Crippen molar-refractivity contribution in [2.45, 2.75) is 89.6 Å². The van der Waals surface area contributed by atoms with E-state index in [1.54, 1.807) is 6.08 Å². The zero-order valence-electron chi connectivity index (χ0n) is 28.0. The van der Waals surface area contributed by atoms with E-state index < -0.39 is 54.3 Å². The Morgan fingerprint density at radius 2 is 1.19 bits per heavy atom. The lowest BCUT2D eigenvalue weighted by molar-refractivity contribution is -0.260. The minimum Gasteiger partial charge on any atom is -0.467 e. The van der Waals surface area contributed by atoms with Gasteiger partial charge in [0.15, 0.2) is 0 Å². The molecule has 0 unspecified atom stereocenters. The zero-order chi connectivity index (χ0) is 34.3. The fourth-order valence-electron chi connectivity index (χ4n) is 5.42. The molecule has 48 heavy (non-hydrogen) atoms. The van der Waals surface area contributed by atoms with Gasteiger partial charge in [0.05, 0.1) is 39.1 Å². The lowest BCUT2D eigenvalue weighted by atomic mass is 9.92. The van der Waals surface area contributed by atoms with Gasteiger partial charge in [0.25, 0.3) is 0 Å². The average molecular weight is 659 g/mol. The number of hydrogen-bond acceptors (Lipinski definition) is 8. The van der Waals surface area contributed by atoms with Gasteiger partial charge in [0.2, 0.25) is 11.8 Å². The van der Waals surface area contributed by atoms with Crippen molar-refractivity contribution in [1.82, 2.24) is 10.6 Å². The molecule has 1 aliphatic rings. The molecule has 1 fully saturated rings. The van der Waals surface area contributed by atoms with Gasteiger partial charge in [-0.2, -0.15) is 0 Å². The maximum Gasteiger partial charge on any atom is 0.328 e. The summed E-state index contributed by atoms with van der Waals surface area (Å²) >= 11 is 0. The van der Waals surface area contributed by atoms with Crippen LogP contribution in [-0.2, 0) is 57.9 Å². The molecule has 0 spiro atoms. The Morgan fingerprint density at radius 1 is 0.708 bits per heavy atom. The third-order valence-electron chi connectivity index (χ3n) is 8.03. The van der Waals surface area contributed by atoms with Crippen molar-refractivity contribution in [3.05, 3.63) is 120 Å². The van der Waals surface area contributed by atoms with Crippen molar-refractivity contribution in [3.63, 3.8) is 0 Å². The number of esters is 1. The fourth-order valence-corrected chi connectivity index (χ4v) is 5.42. The highest BCUT2D eigenvalue weighted by Crippen LogP contribution is 2.32. The summed E-state index contributed by atoms with van der Waals surface area (Å²) in [5, 5.41) is 5.15. The Morgan fingerprint density at radius 3 is 1.69 bits per heavy atom. The van der Waals surface area contributed by atoms with E-state index >= 15 is 0 Å². The van der Waals surface area contributed by atoms with Gasteiger partial charge in [-0.05, 0) is 50.0 Å². The minimum absolute atomic E-state index is 0.331. The van der Waals surface area contributed by atoms with Crippen LogP contribution in [0.5, 0.6) is 0 Å². The summed E-state index contributed by atoms with van der Waals surface area (Å²) in [6, 6.07) is 28.0. The van der Waals surface area contributed by atoms with E-state index in [4.69, 9.17) is 18.9 Å². The molecule has 1 heterocycles. The second-order valence-electron chi connectivity index (χ2n) is 11.8. The highest BCUT2D eigenvalue weighted by atomic mass is 16.6. The monoisotopic (exact) mass is 658 g/mol. The van der Waals surface area contributed by atoms with Crippen LogP contribution in [-0.4, -0.2) is 67.5 Å². The minimum atomic E-state index is -0.875. The number of benzene rings is 3. The molecule has 1 saturated heterocycles. The van der Waals surface area contributed by atoms with Gasteiger partial charge in [0.1, 0.15) is 30.4 Å². The SMILES string of the molecule is COC(=O)[C@H](C)NC(=O)[C@H](C)NC(=O)/C=C/C[C@H]1O[C@@H](C)[C@@H](OCc2ccccc2)[C@@H](OCc2ccccc2)[C@@H]1OCc1ccccc1. The molecule has 3 aromatic carbocycles. The number of amides is 2. The predicted molar refractivity (Wildman–Crippen MR) is 180 cm³/mol. The van der Waals surface area contributed by atoms with Crippen LogP contribution < -0.4 is 10.6 Å². The first kappa shape index (κ1) is 36.5. The first-order valence-electron chi connectivity index (χ1n) is 16.2. The van der Waals surface area contributed by atoms with E-state index in [2.05, 4.69) is 15.4 Å². The van der Waals surface area contributed by atoms with Gasteiger partial charge >= 0.3 is 5.97 Å². The number of rotatable bonds is 16. The molecule has 0 radical (unpaired) electrons. The molecule has 256 valence electrons. The van der Waals surface area contributed by atoms with Crippen LogP contribution in [0.15, 0.2) is 103 Å². The van der Waals surface area contributed by atoms with E-state index in [9.17, 15) is 14.4 Å². The first-order chi connectivity index (χ1) is 23.2. The molecule has 10 heteroatoms. The van der Waals surface area contributed by atoms with Crippen LogP contribution in [0.1, 0.15) is 43.9 Å². The zero-order valence-corrected chi connectivity index (χ0v) is 28.0. The van der Waals surface area contributed by atoms with Crippen molar-refractivity contribution in [2.75, 3.05) is 7.11 Å². The van der Waals surface area contributed by atoms with Crippen LogP contribution in [0.3, 0.4) is 0 Å². The fraction of sp³-hybridized carbons (Fsp3) is 0.395. The highest BCUT2D eigenvalue weighted by Gasteiger charge is 2.46. The molecular weight excluding hydrogens is 612 g/mol. The van der Waals surface area contributed by atoms with Gasteiger partial charge < -0.3 is 34.3 Å². The quantitative estimate of drug-likeness (QED) is 0.169. The van der Waals surface area contributed by atoms with Gasteiger partial charge in [-0.15, -0.1) is 0 Å². The van der Waals surface area contributed by atoms with E-state index in [-0.39, 0.29) is 6.10 Å². The summed E-state index contributed by atoms with van der Waals surface area (Å²) in [5.74, 6) is -1.55. The molecule has 1 aliphatic heterocycles. The van der Waals surface area contributed by atoms with Crippen molar-refractivity contribution in [1.29, 1.82) is 0 Å². The van der Waals surface area contributed by atoms with Crippen molar-refractivity contribution < 1.29 is 38.1 Å². The molecule has 4 rings (SSSR count). The largest absolute Gasteiger partial charge is 0.467 e. The molecule has 0 aliphatic carbocycles. The molecule has 0 aromatic heterocycles. The van der Waals surface area contributed by atoms with E-state index in [0.29, 0.717) is 26.2 Å². The molecule has 2 amide bonds. The number of hydrogen-bond donors (Lipinski definition) is 2. The Bertz CT molecular complexity index is 1450. The number of methoxy groups -OCH3 is 1. The third-order valence-corrected chi connectivity index (χ3v) is 8.03. The van der Waals surface area contributed by atoms with E-state index in [0.717, 1.165) is 16.7 Å². The Balaban J connectivity index is 1.49. The van der Waals surface area contributed by atoms with Crippen LogP contribution in [0.4, 0.5) is 0 Å². The van der Waals surface area contributed by atoms with Gasteiger partial charge in [-0.25, -0.2) is 4.79 Å². The average Bonchev–Trinajstić information content (AvgIpc) is 3.10. The Labute approximate surface area is 282 Å². The summed E-state index contributed by atoms with van der Waals surface area (Å²) in [7, 11) is 1.24. The number of ether oxygens (including phenoxy) is 5. The van der Waals surface area contributed by atoms with Crippen LogP contribution in [0.2, 0.25) is 0 Å². The normalized spacial score (nSPS) is 22.0. The smallest absolute Gasteiger partial charge is 0.328 e. The maximum atomic E-state index is 12.7. The Kier molecular flexibility index (Phi) is 14.3. The first-order valence-corrected chi connectivity index (χ1v) is 16.2. The molecular formula is C38H46N2O8. The van der Waals surface area contributed by atoms with Gasteiger partial charge in [-0.3, -0.25) is 9.59 Å². The summed E-state index contributed by atoms with van der Waals surface area (Å²) in [6.07, 6.45) is 1.13. The van der Waals surface area contributed by atoms with Gasteiger partial charge in [-0.1, -0.05) is 97.1 Å². The van der Waals surface area contributed by atoms with Crippen molar-refractivity contribution >= 4 is 17.8 Å². The maximum absolute atomic E-state index is 12.7. The second kappa shape index (κ2) is 18.8. The number of carbonyl (C=O) groups excluding carboxylic acids is 3. The van der Waals surface area contributed by atoms with Crippen molar-refractivity contribution in [3.8, 4) is 0 Å². The second-order valence-corrected chi connectivity index (χ2v) is 11.8. The molecule has 0 bridgehead atoms. The van der Waals surface area contributed by atoms with Crippen molar-refractivity contribution in [2.24, 2.45) is 0 Å². The lowest BCUT2D eigenvalue weighted by Gasteiger charge is -2.45. The lowest BCUT2D eigenvalue weighted by Crippen LogP contribution is -2.59. The topological polar surface area (TPSA) is 121 Å². The van der Waals surface area contributed by atoms with E-state index in [1.807, 2.05) is 97.9 Å².